The molecule has 0 radical (unpaired) electrons. The van der Waals surface area contributed by atoms with Crippen LogP contribution in [0, 0.1) is 4.77 Å². The predicted molar refractivity (Wildman–Crippen MR) is 47.0 cm³/mol. The summed E-state index contributed by atoms with van der Waals surface area (Å²) < 4.78 is 22.3. The first kappa shape index (κ1) is 9.40. The number of hydrogen-bond acceptors (Lipinski definition) is 4. The van der Waals surface area contributed by atoms with E-state index in [1.54, 1.807) is 6.92 Å². The Hall–Kier alpha value is -0.690. The Balaban J connectivity index is 3.09. The summed E-state index contributed by atoms with van der Waals surface area (Å²) in [6, 6.07) is 0. The Morgan fingerprint density at radius 2 is 2.08 bits per heavy atom. The summed E-state index contributed by atoms with van der Waals surface area (Å²) >= 11 is 4.68. The smallest absolute Gasteiger partial charge is 0.213 e. The molecule has 1 aromatic rings. The zero-order chi connectivity index (χ0) is 9.35. The zero-order valence-corrected chi connectivity index (χ0v) is 8.29. The normalized spacial score (nSPS) is 14.5. The van der Waals surface area contributed by atoms with Gasteiger partial charge in [-0.15, -0.1) is 0 Å². The summed E-state index contributed by atoms with van der Waals surface area (Å²) in [5.74, 6) is 0.350. The second-order valence-corrected chi connectivity index (χ2v) is 5.28. The van der Waals surface area contributed by atoms with Crippen LogP contribution in [0.1, 0.15) is 18.0 Å². The molecule has 2 N–H and O–H groups in total. The summed E-state index contributed by atoms with van der Waals surface area (Å²) in [4.78, 5) is 3.80. The van der Waals surface area contributed by atoms with Gasteiger partial charge in [-0.2, -0.15) is 0 Å². The van der Waals surface area contributed by atoms with E-state index in [9.17, 15) is 8.42 Å². The molecule has 1 heterocycles. The van der Waals surface area contributed by atoms with Gasteiger partial charge in [-0.3, -0.25) is 10.2 Å². The predicted octanol–water partition coefficient (Wildman–Crippen LogP) is 0.573. The van der Waals surface area contributed by atoms with E-state index in [0.717, 1.165) is 6.26 Å². The molecule has 0 saturated heterocycles. The van der Waals surface area contributed by atoms with Crippen LogP contribution in [0.25, 0.3) is 0 Å². The molecule has 1 rings (SSSR count). The summed E-state index contributed by atoms with van der Waals surface area (Å²) in [7, 11) is -3.10. The van der Waals surface area contributed by atoms with Gasteiger partial charge in [-0.1, -0.05) is 0 Å². The molecule has 0 aliphatic heterocycles. The second kappa shape index (κ2) is 2.98. The standard InChI is InChI=1S/C5H9N3O2S2/c1-3(12(2,9)10)4-6-5(11)8-7-4/h3H,1-2H3,(H2,6,7,8,11). The number of aromatic amines is 2. The molecule has 68 valence electrons. The average molecular weight is 207 g/mol. The van der Waals surface area contributed by atoms with Crippen molar-refractivity contribution >= 4 is 22.1 Å². The van der Waals surface area contributed by atoms with Crippen LogP contribution in [0.5, 0.6) is 0 Å². The fourth-order valence-corrected chi connectivity index (χ4v) is 1.34. The Labute approximate surface area is 75.1 Å². The van der Waals surface area contributed by atoms with Crippen LogP contribution in [0.15, 0.2) is 0 Å². The van der Waals surface area contributed by atoms with Crippen molar-refractivity contribution in [2.45, 2.75) is 12.2 Å². The molecule has 0 saturated carbocycles. The van der Waals surface area contributed by atoms with Crippen LogP contribution in [-0.2, 0) is 9.84 Å². The van der Waals surface area contributed by atoms with Gasteiger partial charge >= 0.3 is 0 Å². The molecule has 0 spiro atoms. The number of rotatable bonds is 2. The van der Waals surface area contributed by atoms with E-state index in [2.05, 4.69) is 27.4 Å². The quantitative estimate of drug-likeness (QED) is 0.695. The maximum atomic E-state index is 11.0. The van der Waals surface area contributed by atoms with Crippen LogP contribution in [0.4, 0.5) is 0 Å². The Kier molecular flexibility index (Phi) is 2.34. The van der Waals surface area contributed by atoms with E-state index in [1.165, 1.54) is 0 Å². The van der Waals surface area contributed by atoms with Gasteiger partial charge < -0.3 is 0 Å². The third kappa shape index (κ3) is 1.92. The minimum absolute atomic E-state index is 0.264. The number of hydrogen-bond donors (Lipinski definition) is 2. The van der Waals surface area contributed by atoms with Crippen molar-refractivity contribution in [1.29, 1.82) is 0 Å². The Morgan fingerprint density at radius 3 is 2.42 bits per heavy atom. The first-order chi connectivity index (χ1) is 5.41. The highest BCUT2D eigenvalue weighted by atomic mass is 32.2. The lowest BCUT2D eigenvalue weighted by molar-refractivity contribution is 0.589. The van der Waals surface area contributed by atoms with Gasteiger partial charge in [0, 0.05) is 6.26 Å². The molecule has 1 unspecified atom stereocenters. The van der Waals surface area contributed by atoms with Crippen molar-refractivity contribution in [2.24, 2.45) is 0 Å². The molecule has 5 nitrogen and oxygen atoms in total. The van der Waals surface area contributed by atoms with Crippen molar-refractivity contribution in [3.63, 3.8) is 0 Å². The van der Waals surface area contributed by atoms with E-state index >= 15 is 0 Å². The lowest BCUT2D eigenvalue weighted by Crippen LogP contribution is -2.09. The van der Waals surface area contributed by atoms with E-state index in [-0.39, 0.29) is 4.77 Å². The van der Waals surface area contributed by atoms with Crippen LogP contribution < -0.4 is 0 Å². The summed E-state index contributed by atoms with van der Waals surface area (Å²) in [6.07, 6.45) is 1.16. The lowest BCUT2D eigenvalue weighted by Gasteiger charge is -2.03. The van der Waals surface area contributed by atoms with Gasteiger partial charge in [0.25, 0.3) is 0 Å². The largest absolute Gasteiger partial charge is 0.285 e. The topological polar surface area (TPSA) is 78.6 Å². The zero-order valence-electron chi connectivity index (χ0n) is 6.66. The van der Waals surface area contributed by atoms with Gasteiger partial charge in [-0.25, -0.2) is 13.4 Å². The Bertz CT molecular complexity index is 416. The van der Waals surface area contributed by atoms with E-state index < -0.39 is 15.1 Å². The SMILES string of the molecule is CC(c1nc(=S)[nH][nH]1)S(C)(=O)=O. The molecule has 12 heavy (non-hydrogen) atoms. The lowest BCUT2D eigenvalue weighted by atomic mass is 10.5. The van der Waals surface area contributed by atoms with E-state index in [4.69, 9.17) is 0 Å². The van der Waals surface area contributed by atoms with Crippen LogP contribution in [0.3, 0.4) is 0 Å². The average Bonchev–Trinajstić information content (AvgIpc) is 2.32. The minimum Gasteiger partial charge on any atom is -0.285 e. The molecular weight excluding hydrogens is 198 g/mol. The van der Waals surface area contributed by atoms with Gasteiger partial charge in [0.05, 0.1) is 0 Å². The third-order valence-corrected chi connectivity index (χ3v) is 3.25. The van der Waals surface area contributed by atoms with Crippen molar-refractivity contribution < 1.29 is 8.42 Å². The maximum Gasteiger partial charge on any atom is 0.213 e. The highest BCUT2D eigenvalue weighted by Crippen LogP contribution is 2.15. The van der Waals surface area contributed by atoms with E-state index in [0.29, 0.717) is 5.82 Å². The van der Waals surface area contributed by atoms with Crippen LogP contribution in [0.2, 0.25) is 0 Å². The molecule has 0 aliphatic rings. The number of nitrogens with one attached hydrogen (secondary N) is 2. The molecule has 0 aliphatic carbocycles. The molecule has 0 fully saturated rings. The minimum atomic E-state index is -3.10. The van der Waals surface area contributed by atoms with Crippen LogP contribution in [-0.4, -0.2) is 29.9 Å². The molecule has 1 aromatic heterocycles. The highest BCUT2D eigenvalue weighted by molar-refractivity contribution is 7.90. The van der Waals surface area contributed by atoms with Crippen molar-refractivity contribution in [3.05, 3.63) is 10.6 Å². The molecule has 7 heteroatoms. The fraction of sp³-hybridized carbons (Fsp3) is 0.600. The molecule has 1 atom stereocenters. The van der Waals surface area contributed by atoms with Gasteiger partial charge in [0.1, 0.15) is 11.1 Å². The third-order valence-electron chi connectivity index (χ3n) is 1.55. The number of nitrogens with zero attached hydrogens (tertiary/aromatic N) is 1. The first-order valence-electron chi connectivity index (χ1n) is 3.24. The van der Waals surface area contributed by atoms with E-state index in [1.807, 2.05) is 0 Å². The second-order valence-electron chi connectivity index (χ2n) is 2.52. The van der Waals surface area contributed by atoms with Gasteiger partial charge in [-0.05, 0) is 19.1 Å². The molecular formula is C5H9N3O2S2. The highest BCUT2D eigenvalue weighted by Gasteiger charge is 2.19. The van der Waals surface area contributed by atoms with Crippen molar-refractivity contribution in [1.82, 2.24) is 15.2 Å². The van der Waals surface area contributed by atoms with Crippen molar-refractivity contribution in [2.75, 3.05) is 6.26 Å². The summed E-state index contributed by atoms with van der Waals surface area (Å²) in [6.45, 7) is 1.55. The molecule has 0 amide bonds. The number of sulfone groups is 1. The molecule has 0 aromatic carbocycles. The number of aromatic nitrogens is 3. The molecule has 0 bridgehead atoms. The fourth-order valence-electron chi connectivity index (χ4n) is 0.678. The summed E-state index contributed by atoms with van der Waals surface area (Å²) in [5.41, 5.74) is 0. The van der Waals surface area contributed by atoms with Gasteiger partial charge in [0.15, 0.2) is 9.84 Å². The summed E-state index contributed by atoms with van der Waals surface area (Å²) in [5, 5.41) is 4.48. The van der Waals surface area contributed by atoms with Gasteiger partial charge in [0.2, 0.25) is 4.77 Å². The van der Waals surface area contributed by atoms with Crippen LogP contribution >= 0.6 is 12.2 Å². The number of H-pyrrole nitrogens is 2. The Morgan fingerprint density at radius 1 is 1.50 bits per heavy atom. The van der Waals surface area contributed by atoms with Crippen molar-refractivity contribution in [3.8, 4) is 0 Å². The first-order valence-corrected chi connectivity index (χ1v) is 5.61. The maximum absolute atomic E-state index is 11.0. The monoisotopic (exact) mass is 207 g/mol.